The second kappa shape index (κ2) is 8.02. The number of halogens is 2. The van der Waals surface area contributed by atoms with Crippen LogP contribution in [-0.4, -0.2) is 46.1 Å². The van der Waals surface area contributed by atoms with Crippen LogP contribution in [0.5, 0.6) is 0 Å². The smallest absolute Gasteiger partial charge is 0.183 e. The van der Waals surface area contributed by atoms with Crippen molar-refractivity contribution in [1.29, 1.82) is 0 Å². The average molecular weight is 385 g/mol. The molecule has 0 amide bonds. The minimum atomic E-state index is -0.466. The van der Waals surface area contributed by atoms with E-state index in [4.69, 9.17) is 4.74 Å². The SMILES string of the molecule is CCc1cc(-c2ncc(F)c(N3CCOCC3)n2)nn1Cc1ccccc1F. The fraction of sp³-hybridized carbons (Fsp3) is 0.350. The lowest BCUT2D eigenvalue weighted by molar-refractivity contribution is 0.122. The number of rotatable bonds is 5. The van der Waals surface area contributed by atoms with Crippen LogP contribution in [0, 0.1) is 11.6 Å². The van der Waals surface area contributed by atoms with Crippen molar-refractivity contribution in [3.8, 4) is 11.5 Å². The van der Waals surface area contributed by atoms with Crippen LogP contribution in [-0.2, 0) is 17.7 Å². The van der Waals surface area contributed by atoms with Gasteiger partial charge in [0, 0.05) is 24.3 Å². The Kier molecular flexibility index (Phi) is 5.29. The van der Waals surface area contributed by atoms with Crippen molar-refractivity contribution in [2.45, 2.75) is 19.9 Å². The number of aryl methyl sites for hydroxylation is 1. The normalized spacial score (nSPS) is 14.5. The maximum Gasteiger partial charge on any atom is 0.183 e. The first kappa shape index (κ1) is 18.5. The highest BCUT2D eigenvalue weighted by molar-refractivity contribution is 5.54. The first-order chi connectivity index (χ1) is 13.7. The summed E-state index contributed by atoms with van der Waals surface area (Å²) in [5.41, 5.74) is 2.03. The quantitative estimate of drug-likeness (QED) is 0.676. The van der Waals surface area contributed by atoms with E-state index in [1.54, 1.807) is 22.9 Å². The summed E-state index contributed by atoms with van der Waals surface area (Å²) in [6, 6.07) is 8.50. The summed E-state index contributed by atoms with van der Waals surface area (Å²) >= 11 is 0. The van der Waals surface area contributed by atoms with E-state index in [0.29, 0.717) is 49.9 Å². The maximum atomic E-state index is 14.3. The summed E-state index contributed by atoms with van der Waals surface area (Å²) in [6.07, 6.45) is 1.90. The Hall–Kier alpha value is -2.87. The monoisotopic (exact) mass is 385 g/mol. The molecule has 0 saturated carbocycles. The molecule has 4 rings (SSSR count). The molecule has 28 heavy (non-hydrogen) atoms. The van der Waals surface area contributed by atoms with Crippen molar-refractivity contribution in [3.05, 3.63) is 59.4 Å². The number of nitrogens with zero attached hydrogens (tertiary/aromatic N) is 5. The zero-order valence-electron chi connectivity index (χ0n) is 15.6. The number of ether oxygens (including phenoxy) is 1. The minimum absolute atomic E-state index is 0.259. The molecule has 146 valence electrons. The third-order valence-electron chi connectivity index (χ3n) is 4.77. The molecular weight excluding hydrogens is 364 g/mol. The van der Waals surface area contributed by atoms with Crippen molar-refractivity contribution in [3.63, 3.8) is 0 Å². The molecule has 0 aliphatic carbocycles. The second-order valence-corrected chi connectivity index (χ2v) is 6.59. The largest absolute Gasteiger partial charge is 0.378 e. The van der Waals surface area contributed by atoms with Gasteiger partial charge in [-0.15, -0.1) is 0 Å². The Morgan fingerprint density at radius 3 is 2.64 bits per heavy atom. The lowest BCUT2D eigenvalue weighted by Gasteiger charge is -2.27. The van der Waals surface area contributed by atoms with Gasteiger partial charge in [-0.1, -0.05) is 25.1 Å². The lowest BCUT2D eigenvalue weighted by atomic mass is 10.2. The molecule has 0 spiro atoms. The molecule has 3 aromatic rings. The molecule has 1 fully saturated rings. The molecular formula is C20H21F2N5O. The van der Waals surface area contributed by atoms with Crippen LogP contribution in [0.3, 0.4) is 0 Å². The first-order valence-corrected chi connectivity index (χ1v) is 9.31. The maximum absolute atomic E-state index is 14.3. The van der Waals surface area contributed by atoms with Gasteiger partial charge in [0.25, 0.3) is 0 Å². The van der Waals surface area contributed by atoms with E-state index >= 15 is 0 Å². The van der Waals surface area contributed by atoms with Crippen molar-refractivity contribution >= 4 is 5.82 Å². The van der Waals surface area contributed by atoms with Gasteiger partial charge in [0.2, 0.25) is 0 Å². The predicted molar refractivity (Wildman–Crippen MR) is 101 cm³/mol. The molecule has 8 heteroatoms. The average Bonchev–Trinajstić information content (AvgIpc) is 3.13. The van der Waals surface area contributed by atoms with E-state index < -0.39 is 5.82 Å². The van der Waals surface area contributed by atoms with Gasteiger partial charge in [-0.25, -0.2) is 18.7 Å². The summed E-state index contributed by atoms with van der Waals surface area (Å²) in [5.74, 6) is -0.124. The molecule has 0 atom stereocenters. The zero-order chi connectivity index (χ0) is 19.5. The molecule has 1 saturated heterocycles. The summed E-state index contributed by atoms with van der Waals surface area (Å²) in [5, 5.41) is 4.56. The van der Waals surface area contributed by atoms with Crippen LogP contribution in [0.4, 0.5) is 14.6 Å². The number of anilines is 1. The summed E-state index contributed by atoms with van der Waals surface area (Å²) in [6.45, 7) is 4.55. The van der Waals surface area contributed by atoms with Gasteiger partial charge < -0.3 is 9.64 Å². The predicted octanol–water partition coefficient (Wildman–Crippen LogP) is 3.07. The van der Waals surface area contributed by atoms with Gasteiger partial charge in [0.1, 0.15) is 11.5 Å². The van der Waals surface area contributed by atoms with E-state index in [0.717, 1.165) is 12.1 Å². The Balaban J connectivity index is 1.66. The highest BCUT2D eigenvalue weighted by Crippen LogP contribution is 2.23. The minimum Gasteiger partial charge on any atom is -0.378 e. The Morgan fingerprint density at radius 2 is 1.89 bits per heavy atom. The second-order valence-electron chi connectivity index (χ2n) is 6.59. The van der Waals surface area contributed by atoms with Crippen LogP contribution in [0.25, 0.3) is 11.5 Å². The van der Waals surface area contributed by atoms with E-state index in [1.165, 1.54) is 12.3 Å². The van der Waals surface area contributed by atoms with Crippen LogP contribution in [0.1, 0.15) is 18.2 Å². The van der Waals surface area contributed by atoms with E-state index in [2.05, 4.69) is 15.1 Å². The zero-order valence-corrected chi connectivity index (χ0v) is 15.6. The Bertz CT molecular complexity index is 969. The van der Waals surface area contributed by atoms with Gasteiger partial charge >= 0.3 is 0 Å². The summed E-state index contributed by atoms with van der Waals surface area (Å²) < 4.78 is 35.4. The van der Waals surface area contributed by atoms with Crippen LogP contribution < -0.4 is 4.90 Å². The summed E-state index contributed by atoms with van der Waals surface area (Å²) in [4.78, 5) is 10.4. The molecule has 1 aliphatic rings. The highest BCUT2D eigenvalue weighted by atomic mass is 19.1. The van der Waals surface area contributed by atoms with Crippen LogP contribution >= 0.6 is 0 Å². The highest BCUT2D eigenvalue weighted by Gasteiger charge is 2.20. The lowest BCUT2D eigenvalue weighted by Crippen LogP contribution is -2.37. The number of morpholine rings is 1. The third-order valence-corrected chi connectivity index (χ3v) is 4.77. The molecule has 6 nitrogen and oxygen atoms in total. The molecule has 2 aromatic heterocycles. The van der Waals surface area contributed by atoms with Crippen molar-refractivity contribution in [2.24, 2.45) is 0 Å². The van der Waals surface area contributed by atoms with Crippen LogP contribution in [0.15, 0.2) is 36.5 Å². The van der Waals surface area contributed by atoms with Gasteiger partial charge in [-0.2, -0.15) is 5.10 Å². The Labute approximate surface area is 161 Å². The van der Waals surface area contributed by atoms with Crippen LogP contribution in [0.2, 0.25) is 0 Å². The number of aromatic nitrogens is 4. The standard InChI is InChI=1S/C20H21F2N5O/c1-2-15-11-18(25-27(15)13-14-5-3-4-6-16(14)21)19-23-12-17(22)20(24-19)26-7-9-28-10-8-26/h3-6,11-12H,2,7-10,13H2,1H3. The molecule has 1 aliphatic heterocycles. The van der Waals surface area contributed by atoms with E-state index in [-0.39, 0.29) is 11.6 Å². The molecule has 1 aromatic carbocycles. The van der Waals surface area contributed by atoms with E-state index in [1.807, 2.05) is 17.9 Å². The number of hydrogen-bond acceptors (Lipinski definition) is 5. The van der Waals surface area contributed by atoms with Gasteiger partial charge in [-0.3, -0.25) is 4.68 Å². The number of benzene rings is 1. The van der Waals surface area contributed by atoms with Crippen molar-refractivity contribution in [2.75, 3.05) is 31.2 Å². The molecule has 0 bridgehead atoms. The first-order valence-electron chi connectivity index (χ1n) is 9.31. The molecule has 3 heterocycles. The van der Waals surface area contributed by atoms with Crippen molar-refractivity contribution in [1.82, 2.24) is 19.7 Å². The van der Waals surface area contributed by atoms with Gasteiger partial charge in [-0.05, 0) is 18.6 Å². The Morgan fingerprint density at radius 1 is 1.11 bits per heavy atom. The third kappa shape index (κ3) is 3.73. The van der Waals surface area contributed by atoms with Crippen molar-refractivity contribution < 1.29 is 13.5 Å². The number of hydrogen-bond donors (Lipinski definition) is 0. The topological polar surface area (TPSA) is 56.1 Å². The molecule has 0 radical (unpaired) electrons. The molecule has 0 N–H and O–H groups in total. The van der Waals surface area contributed by atoms with E-state index in [9.17, 15) is 8.78 Å². The summed E-state index contributed by atoms with van der Waals surface area (Å²) in [7, 11) is 0. The molecule has 0 unspecified atom stereocenters. The van der Waals surface area contributed by atoms with Gasteiger partial charge in [0.15, 0.2) is 17.5 Å². The van der Waals surface area contributed by atoms with Gasteiger partial charge in [0.05, 0.1) is 26.0 Å². The fourth-order valence-corrected chi connectivity index (χ4v) is 3.25. The fourth-order valence-electron chi connectivity index (χ4n) is 3.25.